The predicted octanol–water partition coefficient (Wildman–Crippen LogP) is 4.27. The van der Waals surface area contributed by atoms with Gasteiger partial charge in [-0.15, -0.1) is 11.3 Å². The lowest BCUT2D eigenvalue weighted by atomic mass is 9.72. The van der Waals surface area contributed by atoms with Crippen LogP contribution in [0.3, 0.4) is 0 Å². The minimum Gasteiger partial charge on any atom is -0.423 e. The second-order valence-corrected chi connectivity index (χ2v) is 10.4. The fourth-order valence-electron chi connectivity index (χ4n) is 4.80. The van der Waals surface area contributed by atoms with Crippen molar-refractivity contribution in [3.05, 3.63) is 23.7 Å². The molecular formula is C22H27N5O2S. The Hall–Kier alpha value is -2.45. The van der Waals surface area contributed by atoms with Crippen molar-refractivity contribution < 1.29 is 9.21 Å². The molecule has 2 bridgehead atoms. The molecule has 1 amide bonds. The van der Waals surface area contributed by atoms with Crippen molar-refractivity contribution >= 4 is 40.0 Å². The summed E-state index contributed by atoms with van der Waals surface area (Å²) in [6.45, 7) is 10.2. The van der Waals surface area contributed by atoms with Crippen molar-refractivity contribution in [1.82, 2.24) is 15.3 Å². The molecule has 2 unspecified atom stereocenters. The third kappa shape index (κ3) is 3.18. The molecule has 2 aromatic heterocycles. The highest BCUT2D eigenvalue weighted by Crippen LogP contribution is 2.44. The molecule has 0 saturated carbocycles. The van der Waals surface area contributed by atoms with Gasteiger partial charge >= 0.3 is 0 Å². The molecule has 2 aliphatic rings. The first-order valence-electron chi connectivity index (χ1n) is 10.4. The van der Waals surface area contributed by atoms with Crippen LogP contribution in [0.2, 0.25) is 0 Å². The molecule has 7 nitrogen and oxygen atoms in total. The number of piperazine rings is 1. The number of carbonyl (C=O) groups excluding carboxylic acids is 1. The van der Waals surface area contributed by atoms with Gasteiger partial charge in [0.1, 0.15) is 10.5 Å². The summed E-state index contributed by atoms with van der Waals surface area (Å²) in [4.78, 5) is 23.2. The topological polar surface area (TPSA) is 83.3 Å². The molecule has 2 fully saturated rings. The first-order valence-corrected chi connectivity index (χ1v) is 11.3. The summed E-state index contributed by atoms with van der Waals surface area (Å²) in [7, 11) is 0. The largest absolute Gasteiger partial charge is 0.423 e. The fourth-order valence-corrected chi connectivity index (χ4v) is 5.45. The monoisotopic (exact) mass is 425 g/mol. The Labute approximate surface area is 179 Å². The zero-order chi connectivity index (χ0) is 21.1. The molecule has 3 aromatic rings. The van der Waals surface area contributed by atoms with Gasteiger partial charge in [-0.25, -0.2) is 4.98 Å². The van der Waals surface area contributed by atoms with Crippen LogP contribution in [-0.4, -0.2) is 40.5 Å². The van der Waals surface area contributed by atoms with Crippen LogP contribution in [0.5, 0.6) is 0 Å². The van der Waals surface area contributed by atoms with Crippen molar-refractivity contribution in [3.8, 4) is 10.6 Å². The zero-order valence-electron chi connectivity index (χ0n) is 17.8. The highest BCUT2D eigenvalue weighted by molar-refractivity contribution is 7.13. The Bertz CT molecular complexity index is 1100. The number of aromatic nitrogens is 2. The summed E-state index contributed by atoms with van der Waals surface area (Å²) in [5.41, 5.74) is 3.19. The molecule has 30 heavy (non-hydrogen) atoms. The predicted molar refractivity (Wildman–Crippen MR) is 120 cm³/mol. The van der Waals surface area contributed by atoms with Crippen LogP contribution >= 0.6 is 11.3 Å². The van der Waals surface area contributed by atoms with Gasteiger partial charge in [-0.05, 0) is 30.4 Å². The average molecular weight is 426 g/mol. The van der Waals surface area contributed by atoms with Crippen molar-refractivity contribution in [1.29, 1.82) is 0 Å². The van der Waals surface area contributed by atoms with Gasteiger partial charge in [0, 0.05) is 48.9 Å². The number of anilines is 2. The first-order chi connectivity index (χ1) is 14.2. The van der Waals surface area contributed by atoms with E-state index in [2.05, 4.69) is 41.3 Å². The Morgan fingerprint density at radius 2 is 2.23 bits per heavy atom. The van der Waals surface area contributed by atoms with Crippen LogP contribution in [0.25, 0.3) is 21.7 Å². The minimum absolute atomic E-state index is 0.0516. The van der Waals surface area contributed by atoms with Crippen LogP contribution in [-0.2, 0) is 4.79 Å². The third-order valence-electron chi connectivity index (χ3n) is 6.47. The number of hydrogen-bond acceptors (Lipinski definition) is 7. The van der Waals surface area contributed by atoms with E-state index in [0.29, 0.717) is 23.3 Å². The van der Waals surface area contributed by atoms with Crippen LogP contribution in [0.1, 0.15) is 40.5 Å². The van der Waals surface area contributed by atoms with Gasteiger partial charge in [0.2, 0.25) is 5.91 Å². The SMILES string of the molecule is CC(=O)Nc1cc(-c2nccs2)c2oc(N3CC4CCC(C(C)(C)C)(C3)N4)nc2c1. The molecule has 158 valence electrons. The number of nitrogens with one attached hydrogen (secondary N) is 2. The van der Waals surface area contributed by atoms with Crippen molar-refractivity contribution in [2.45, 2.75) is 52.1 Å². The lowest BCUT2D eigenvalue weighted by Gasteiger charge is -2.48. The second-order valence-electron chi connectivity index (χ2n) is 9.48. The summed E-state index contributed by atoms with van der Waals surface area (Å²) in [6.07, 6.45) is 4.11. The van der Waals surface area contributed by atoms with E-state index in [4.69, 9.17) is 9.40 Å². The number of hydrogen-bond donors (Lipinski definition) is 2. The summed E-state index contributed by atoms with van der Waals surface area (Å²) in [6, 6.07) is 4.87. The smallest absolute Gasteiger partial charge is 0.298 e. The highest BCUT2D eigenvalue weighted by Gasteiger charge is 2.52. The fraction of sp³-hybridized carbons (Fsp3) is 0.500. The van der Waals surface area contributed by atoms with Crippen LogP contribution in [0, 0.1) is 5.41 Å². The van der Waals surface area contributed by atoms with Gasteiger partial charge in [0.25, 0.3) is 6.01 Å². The summed E-state index contributed by atoms with van der Waals surface area (Å²) in [5.74, 6) is -0.117. The number of thiazole rings is 1. The number of amides is 1. The van der Waals surface area contributed by atoms with Gasteiger partial charge in [0.05, 0.1) is 5.56 Å². The summed E-state index contributed by atoms with van der Waals surface area (Å²) in [5, 5.41) is 9.53. The Morgan fingerprint density at radius 1 is 1.40 bits per heavy atom. The second kappa shape index (κ2) is 6.78. The Kier molecular flexibility index (Phi) is 4.41. The van der Waals surface area contributed by atoms with E-state index < -0.39 is 0 Å². The number of fused-ring (bicyclic) bond motifs is 3. The lowest BCUT2D eigenvalue weighted by Crippen LogP contribution is -2.65. The van der Waals surface area contributed by atoms with Crippen LogP contribution in [0.4, 0.5) is 11.7 Å². The van der Waals surface area contributed by atoms with E-state index >= 15 is 0 Å². The summed E-state index contributed by atoms with van der Waals surface area (Å²) >= 11 is 1.54. The van der Waals surface area contributed by atoms with E-state index in [-0.39, 0.29) is 16.9 Å². The molecular weight excluding hydrogens is 398 g/mol. The van der Waals surface area contributed by atoms with Crippen molar-refractivity contribution in [2.75, 3.05) is 23.3 Å². The normalized spacial score (nSPS) is 23.9. The van der Waals surface area contributed by atoms with E-state index in [1.54, 1.807) is 17.5 Å². The molecule has 1 aromatic carbocycles. The van der Waals surface area contributed by atoms with E-state index in [1.165, 1.54) is 13.3 Å². The van der Waals surface area contributed by atoms with Crippen molar-refractivity contribution in [3.63, 3.8) is 0 Å². The van der Waals surface area contributed by atoms with Crippen molar-refractivity contribution in [2.24, 2.45) is 5.41 Å². The van der Waals surface area contributed by atoms with E-state index in [1.807, 2.05) is 17.5 Å². The number of rotatable bonds is 3. The molecule has 5 rings (SSSR count). The highest BCUT2D eigenvalue weighted by atomic mass is 32.1. The van der Waals surface area contributed by atoms with Crippen LogP contribution < -0.4 is 15.5 Å². The Morgan fingerprint density at radius 3 is 2.93 bits per heavy atom. The molecule has 2 atom stereocenters. The quantitative estimate of drug-likeness (QED) is 0.652. The maximum Gasteiger partial charge on any atom is 0.298 e. The maximum absolute atomic E-state index is 11.6. The number of oxazole rings is 1. The number of carbonyl (C=O) groups is 1. The molecule has 0 spiro atoms. The number of benzene rings is 1. The molecule has 8 heteroatoms. The first kappa shape index (κ1) is 19.5. The van der Waals surface area contributed by atoms with Gasteiger partial charge in [-0.1, -0.05) is 20.8 Å². The van der Waals surface area contributed by atoms with Crippen LogP contribution in [0.15, 0.2) is 28.1 Å². The molecule has 0 aliphatic carbocycles. The standard InChI is InChI=1S/C22H27N5O2S/c1-13(28)24-15-9-16(19-23-7-8-30-19)18-17(10-15)25-20(29-18)27-11-14-5-6-22(12-27,26-14)21(2,3)4/h7-10,14,26H,5-6,11-12H2,1-4H3,(H,24,28). The molecule has 0 radical (unpaired) electrons. The van der Waals surface area contributed by atoms with Gasteiger partial charge in [-0.3, -0.25) is 4.79 Å². The molecule has 2 N–H and O–H groups in total. The Balaban J connectivity index is 1.58. The zero-order valence-corrected chi connectivity index (χ0v) is 18.6. The van der Waals surface area contributed by atoms with Gasteiger partial charge in [0.15, 0.2) is 5.58 Å². The molecule has 2 saturated heterocycles. The van der Waals surface area contributed by atoms with E-state index in [9.17, 15) is 4.79 Å². The maximum atomic E-state index is 11.6. The minimum atomic E-state index is -0.117. The number of nitrogens with zero attached hydrogens (tertiary/aromatic N) is 3. The van der Waals surface area contributed by atoms with E-state index in [0.717, 1.165) is 35.6 Å². The van der Waals surface area contributed by atoms with Gasteiger partial charge in [-0.2, -0.15) is 4.98 Å². The lowest BCUT2D eigenvalue weighted by molar-refractivity contribution is -0.114. The average Bonchev–Trinajstić information content (AvgIpc) is 3.39. The molecule has 2 aliphatic heterocycles. The van der Waals surface area contributed by atoms with Gasteiger partial charge < -0.3 is 20.0 Å². The third-order valence-corrected chi connectivity index (χ3v) is 7.28. The summed E-state index contributed by atoms with van der Waals surface area (Å²) < 4.78 is 6.35. The molecule has 4 heterocycles.